The van der Waals surface area contributed by atoms with E-state index < -0.39 is 5.41 Å². The van der Waals surface area contributed by atoms with Crippen LogP contribution in [0.3, 0.4) is 0 Å². The molecular formula is C61H41NO. The number of rotatable bonds is 8. The Morgan fingerprint density at radius 1 is 0.333 bits per heavy atom. The van der Waals surface area contributed by atoms with Crippen molar-refractivity contribution in [2.75, 3.05) is 4.90 Å². The van der Waals surface area contributed by atoms with Gasteiger partial charge in [0.15, 0.2) is 0 Å². The number of anilines is 3. The summed E-state index contributed by atoms with van der Waals surface area (Å²) in [6, 6.07) is 90.3. The van der Waals surface area contributed by atoms with Crippen molar-refractivity contribution >= 4 is 39.0 Å². The van der Waals surface area contributed by atoms with E-state index in [0.717, 1.165) is 44.6 Å². The largest absolute Gasteiger partial charge is 0.456 e. The summed E-state index contributed by atoms with van der Waals surface area (Å²) in [6.45, 7) is 0. The molecule has 0 atom stereocenters. The summed E-state index contributed by atoms with van der Waals surface area (Å²) in [5, 5.41) is 2.15. The van der Waals surface area contributed by atoms with Crippen molar-refractivity contribution in [1.29, 1.82) is 0 Å². The lowest BCUT2D eigenvalue weighted by molar-refractivity contribution is 0.669. The van der Waals surface area contributed by atoms with E-state index in [1.807, 2.05) is 0 Å². The molecule has 2 heteroatoms. The molecule has 2 nitrogen and oxygen atoms in total. The van der Waals surface area contributed by atoms with Crippen LogP contribution in [0.1, 0.15) is 22.3 Å². The van der Waals surface area contributed by atoms with E-state index in [2.05, 4.69) is 254 Å². The quantitative estimate of drug-likeness (QED) is 0.152. The first kappa shape index (κ1) is 36.6. The van der Waals surface area contributed by atoms with Gasteiger partial charge in [0, 0.05) is 16.8 Å². The van der Waals surface area contributed by atoms with Crippen LogP contribution < -0.4 is 4.90 Å². The molecule has 1 heterocycles. The summed E-state index contributed by atoms with van der Waals surface area (Å²) in [5.74, 6) is 0. The van der Waals surface area contributed by atoms with Gasteiger partial charge in [-0.3, -0.25) is 0 Å². The second-order valence-corrected chi connectivity index (χ2v) is 16.4. The molecule has 11 aromatic rings. The van der Waals surface area contributed by atoms with Crippen LogP contribution in [-0.2, 0) is 5.41 Å². The number of furan rings is 1. The topological polar surface area (TPSA) is 16.4 Å². The molecule has 0 bridgehead atoms. The van der Waals surface area contributed by atoms with E-state index >= 15 is 0 Å². The number of hydrogen-bond donors (Lipinski definition) is 0. The molecule has 1 aliphatic rings. The molecule has 0 saturated heterocycles. The fourth-order valence-corrected chi connectivity index (χ4v) is 10.2. The third-order valence-electron chi connectivity index (χ3n) is 13.0. The first-order valence-corrected chi connectivity index (χ1v) is 21.7. The normalized spacial score (nSPS) is 12.6. The van der Waals surface area contributed by atoms with E-state index in [4.69, 9.17) is 4.42 Å². The summed E-state index contributed by atoms with van der Waals surface area (Å²) in [6.07, 6.45) is 0. The van der Waals surface area contributed by atoms with Gasteiger partial charge in [-0.15, -0.1) is 0 Å². The molecule has 1 aromatic heterocycles. The van der Waals surface area contributed by atoms with Crippen molar-refractivity contribution in [3.05, 3.63) is 271 Å². The number of benzene rings is 10. The molecule has 296 valence electrons. The van der Waals surface area contributed by atoms with Crippen molar-refractivity contribution in [3.63, 3.8) is 0 Å². The van der Waals surface area contributed by atoms with Crippen molar-refractivity contribution in [1.82, 2.24) is 0 Å². The van der Waals surface area contributed by atoms with Gasteiger partial charge in [-0.1, -0.05) is 200 Å². The molecule has 63 heavy (non-hydrogen) atoms. The molecule has 0 fully saturated rings. The highest BCUT2D eigenvalue weighted by molar-refractivity contribution is 6.14. The van der Waals surface area contributed by atoms with Gasteiger partial charge in [-0.2, -0.15) is 0 Å². The fraction of sp³-hybridized carbons (Fsp3) is 0.0164. The van der Waals surface area contributed by atoms with Crippen LogP contribution in [-0.4, -0.2) is 0 Å². The predicted molar refractivity (Wildman–Crippen MR) is 262 cm³/mol. The van der Waals surface area contributed by atoms with E-state index in [1.54, 1.807) is 0 Å². The van der Waals surface area contributed by atoms with Gasteiger partial charge in [0.1, 0.15) is 11.2 Å². The molecule has 1 aliphatic carbocycles. The smallest absolute Gasteiger partial charge is 0.137 e. The first-order valence-electron chi connectivity index (χ1n) is 21.7. The summed E-state index contributed by atoms with van der Waals surface area (Å²) in [7, 11) is 0. The SMILES string of the molecule is c1ccc(-c2ccc(N(c3ccc4c(c3)C(c3ccccc3)(c3ccccc3)c3cccc(-c5ccccc5)c3-4)c3cccc4oc5ccc(-c6ccccc6)cc5c34)cc2)cc1. The van der Waals surface area contributed by atoms with E-state index in [9.17, 15) is 0 Å². The minimum atomic E-state index is -0.601. The summed E-state index contributed by atoms with van der Waals surface area (Å²) in [5.41, 5.74) is 18.9. The maximum atomic E-state index is 6.68. The highest BCUT2D eigenvalue weighted by Gasteiger charge is 2.47. The van der Waals surface area contributed by atoms with Crippen molar-refractivity contribution in [3.8, 4) is 44.5 Å². The monoisotopic (exact) mass is 803 g/mol. The van der Waals surface area contributed by atoms with E-state index in [-0.39, 0.29) is 0 Å². The number of hydrogen-bond acceptors (Lipinski definition) is 2. The summed E-state index contributed by atoms with van der Waals surface area (Å²) < 4.78 is 6.68. The van der Waals surface area contributed by atoms with Gasteiger partial charge in [-0.25, -0.2) is 0 Å². The molecule has 10 aromatic carbocycles. The van der Waals surface area contributed by atoms with Crippen molar-refractivity contribution in [2.45, 2.75) is 5.41 Å². The van der Waals surface area contributed by atoms with Gasteiger partial charge in [0.05, 0.1) is 16.5 Å². The summed E-state index contributed by atoms with van der Waals surface area (Å²) in [4.78, 5) is 2.43. The highest BCUT2D eigenvalue weighted by Crippen LogP contribution is 2.59. The van der Waals surface area contributed by atoms with Crippen LogP contribution in [0.2, 0.25) is 0 Å². The fourth-order valence-electron chi connectivity index (χ4n) is 10.2. The van der Waals surface area contributed by atoms with Crippen LogP contribution in [0, 0.1) is 0 Å². The van der Waals surface area contributed by atoms with Crippen LogP contribution >= 0.6 is 0 Å². The Morgan fingerprint density at radius 2 is 0.873 bits per heavy atom. The lowest BCUT2D eigenvalue weighted by Crippen LogP contribution is -2.28. The average Bonchev–Trinajstić information content (AvgIpc) is 3.89. The van der Waals surface area contributed by atoms with Crippen LogP contribution in [0.25, 0.3) is 66.4 Å². The van der Waals surface area contributed by atoms with Crippen LogP contribution in [0.4, 0.5) is 17.1 Å². The van der Waals surface area contributed by atoms with E-state index in [1.165, 1.54) is 61.2 Å². The zero-order chi connectivity index (χ0) is 41.7. The standard InChI is InChI=1S/C61H41NO/c1-6-18-42(19-7-1)44-32-35-49(36-33-44)62(56-30-17-31-58-60(56)53-40-46(34-39-57(53)63-58)43-20-8-2-9-21-43)50-37-38-52-55(41-50)61(47-24-12-4-13-25-47,48-26-14-5-15-27-48)54-29-16-28-51(59(52)54)45-22-10-3-11-23-45/h1-41H. The lowest BCUT2D eigenvalue weighted by Gasteiger charge is -2.35. The molecule has 0 radical (unpaired) electrons. The first-order chi connectivity index (χ1) is 31.3. The Kier molecular flexibility index (Phi) is 8.76. The van der Waals surface area contributed by atoms with E-state index in [0.29, 0.717) is 0 Å². The molecular weight excluding hydrogens is 763 g/mol. The molecule has 0 saturated carbocycles. The number of fused-ring (bicyclic) bond motifs is 6. The Labute approximate surface area is 367 Å². The Morgan fingerprint density at radius 3 is 1.52 bits per heavy atom. The molecule has 0 unspecified atom stereocenters. The minimum Gasteiger partial charge on any atom is -0.456 e. The van der Waals surface area contributed by atoms with Crippen LogP contribution in [0.15, 0.2) is 253 Å². The Balaban J connectivity index is 1.15. The molecule has 0 N–H and O–H groups in total. The average molecular weight is 804 g/mol. The van der Waals surface area contributed by atoms with Gasteiger partial charge < -0.3 is 9.32 Å². The second-order valence-electron chi connectivity index (χ2n) is 16.4. The molecule has 0 spiro atoms. The summed E-state index contributed by atoms with van der Waals surface area (Å²) >= 11 is 0. The van der Waals surface area contributed by atoms with Crippen LogP contribution in [0.5, 0.6) is 0 Å². The lowest BCUT2D eigenvalue weighted by atomic mass is 9.67. The van der Waals surface area contributed by atoms with Crippen molar-refractivity contribution < 1.29 is 4.42 Å². The highest BCUT2D eigenvalue weighted by atomic mass is 16.3. The Bertz CT molecular complexity index is 3370. The third-order valence-corrected chi connectivity index (χ3v) is 13.0. The van der Waals surface area contributed by atoms with Gasteiger partial charge in [-0.05, 0) is 115 Å². The zero-order valence-electron chi connectivity index (χ0n) is 34.5. The maximum Gasteiger partial charge on any atom is 0.137 e. The molecule has 12 rings (SSSR count). The second kappa shape index (κ2) is 15.1. The van der Waals surface area contributed by atoms with Gasteiger partial charge >= 0.3 is 0 Å². The molecule has 0 amide bonds. The molecule has 0 aliphatic heterocycles. The van der Waals surface area contributed by atoms with Gasteiger partial charge in [0.25, 0.3) is 0 Å². The minimum absolute atomic E-state index is 0.601. The predicted octanol–water partition coefficient (Wildman–Crippen LogP) is 16.4. The van der Waals surface area contributed by atoms with Gasteiger partial charge in [0.2, 0.25) is 0 Å². The Hall–Kier alpha value is -8.20. The maximum absolute atomic E-state index is 6.68. The van der Waals surface area contributed by atoms with Crippen molar-refractivity contribution in [2.24, 2.45) is 0 Å². The number of nitrogens with zero attached hydrogens (tertiary/aromatic N) is 1. The third kappa shape index (κ3) is 5.95. The zero-order valence-corrected chi connectivity index (χ0v) is 34.5.